The molecule has 7 nitrogen and oxygen atoms in total. The molecule has 1 unspecified atom stereocenters. The quantitative estimate of drug-likeness (QED) is 0.652. The molecule has 7 heteroatoms. The van der Waals surface area contributed by atoms with Crippen LogP contribution in [0.4, 0.5) is 0 Å². The number of aromatic nitrogens is 4. The summed E-state index contributed by atoms with van der Waals surface area (Å²) >= 11 is 0. The molecule has 3 aromatic rings. The highest BCUT2D eigenvalue weighted by atomic mass is 16.3. The van der Waals surface area contributed by atoms with E-state index in [1.165, 1.54) is 0 Å². The third-order valence-electron chi connectivity index (χ3n) is 4.85. The van der Waals surface area contributed by atoms with Crippen LogP contribution in [0.15, 0.2) is 42.9 Å². The minimum absolute atomic E-state index is 0.0633. The Morgan fingerprint density at radius 1 is 1.40 bits per heavy atom. The Labute approximate surface area is 145 Å². The van der Waals surface area contributed by atoms with Crippen LogP contribution in [0.2, 0.25) is 0 Å². The van der Waals surface area contributed by atoms with Gasteiger partial charge in [0.05, 0.1) is 30.3 Å². The van der Waals surface area contributed by atoms with Crippen molar-refractivity contribution in [1.82, 2.24) is 25.3 Å². The molecule has 1 aliphatic rings. The Bertz CT molecular complexity index is 857. The average molecular weight is 339 g/mol. The lowest BCUT2D eigenvalue weighted by atomic mass is 10.1. The van der Waals surface area contributed by atoms with Crippen molar-refractivity contribution in [1.29, 1.82) is 0 Å². The van der Waals surface area contributed by atoms with Crippen LogP contribution in [0.25, 0.3) is 10.9 Å². The average Bonchev–Trinajstić information content (AvgIpc) is 3.30. The predicted molar refractivity (Wildman–Crippen MR) is 92.7 cm³/mol. The van der Waals surface area contributed by atoms with Crippen LogP contribution in [0.3, 0.4) is 0 Å². The first kappa shape index (κ1) is 15.8. The first-order valence-electron chi connectivity index (χ1n) is 8.54. The summed E-state index contributed by atoms with van der Waals surface area (Å²) in [5.74, 6) is 0.258. The highest BCUT2D eigenvalue weighted by Crippen LogP contribution is 2.27. The fraction of sp³-hybridized carbons (Fsp3) is 0.389. The summed E-state index contributed by atoms with van der Waals surface area (Å²) in [6.45, 7) is 0.771. The van der Waals surface area contributed by atoms with Crippen LogP contribution >= 0.6 is 0 Å². The molecule has 1 aliphatic carbocycles. The van der Waals surface area contributed by atoms with Gasteiger partial charge in [-0.25, -0.2) is 0 Å². The van der Waals surface area contributed by atoms with E-state index < -0.39 is 6.10 Å². The van der Waals surface area contributed by atoms with Crippen molar-refractivity contribution in [3.8, 4) is 0 Å². The Morgan fingerprint density at radius 3 is 3.16 bits per heavy atom. The van der Waals surface area contributed by atoms with Crippen LogP contribution in [0, 0.1) is 5.92 Å². The van der Waals surface area contributed by atoms with E-state index in [-0.39, 0.29) is 11.9 Å². The van der Waals surface area contributed by atoms with Crippen molar-refractivity contribution in [2.45, 2.75) is 38.0 Å². The van der Waals surface area contributed by atoms with E-state index in [4.69, 9.17) is 0 Å². The zero-order chi connectivity index (χ0) is 17.2. The van der Waals surface area contributed by atoms with E-state index >= 15 is 0 Å². The van der Waals surface area contributed by atoms with Gasteiger partial charge in [-0.1, -0.05) is 6.07 Å². The standard InChI is InChI=1S/C18H21N5O2/c24-17-8-13(11-23-5-1-4-20-23)7-16(17)21-18(25)9-12-2-3-15-14(6-12)10-19-22-15/h1-6,10,13,16-17,24H,7-9,11H2,(H,19,22)(H,21,25)/t13?,16-,17-/m1/s1. The largest absolute Gasteiger partial charge is 0.391 e. The van der Waals surface area contributed by atoms with Crippen LogP contribution in [-0.4, -0.2) is 43.1 Å². The monoisotopic (exact) mass is 339 g/mol. The number of carbonyl (C=O) groups is 1. The summed E-state index contributed by atoms with van der Waals surface area (Å²) in [5.41, 5.74) is 1.89. The molecular weight excluding hydrogens is 318 g/mol. The van der Waals surface area contributed by atoms with Gasteiger partial charge in [0.1, 0.15) is 0 Å². The number of H-pyrrole nitrogens is 1. The first-order valence-corrected chi connectivity index (χ1v) is 8.54. The van der Waals surface area contributed by atoms with Gasteiger partial charge >= 0.3 is 0 Å². The molecule has 0 aliphatic heterocycles. The van der Waals surface area contributed by atoms with Crippen molar-refractivity contribution in [2.75, 3.05) is 0 Å². The van der Waals surface area contributed by atoms with Crippen molar-refractivity contribution in [3.63, 3.8) is 0 Å². The van der Waals surface area contributed by atoms with Crippen LogP contribution in [-0.2, 0) is 17.8 Å². The lowest BCUT2D eigenvalue weighted by Gasteiger charge is -2.16. The zero-order valence-corrected chi connectivity index (χ0v) is 13.8. The summed E-state index contributed by atoms with van der Waals surface area (Å²) in [6.07, 6.45) is 6.68. The number of aliphatic hydroxyl groups is 1. The second kappa shape index (κ2) is 6.68. The molecule has 4 rings (SSSR count). The molecule has 25 heavy (non-hydrogen) atoms. The molecule has 0 saturated heterocycles. The van der Waals surface area contributed by atoms with E-state index in [0.717, 1.165) is 29.4 Å². The second-order valence-corrected chi connectivity index (χ2v) is 6.78. The second-order valence-electron chi connectivity index (χ2n) is 6.78. The van der Waals surface area contributed by atoms with Crippen molar-refractivity contribution in [2.24, 2.45) is 5.92 Å². The van der Waals surface area contributed by atoms with E-state index in [1.807, 2.05) is 35.1 Å². The fourth-order valence-electron chi connectivity index (χ4n) is 3.64. The minimum atomic E-state index is -0.499. The molecule has 0 spiro atoms. The number of aromatic amines is 1. The van der Waals surface area contributed by atoms with Gasteiger partial charge in [-0.3, -0.25) is 14.6 Å². The number of nitrogens with one attached hydrogen (secondary N) is 2. The third kappa shape index (κ3) is 3.56. The number of nitrogens with zero attached hydrogens (tertiary/aromatic N) is 3. The maximum Gasteiger partial charge on any atom is 0.224 e. The van der Waals surface area contributed by atoms with Gasteiger partial charge in [0.25, 0.3) is 0 Å². The summed E-state index contributed by atoms with van der Waals surface area (Å²) in [7, 11) is 0. The molecule has 1 fully saturated rings. The molecule has 1 saturated carbocycles. The lowest BCUT2D eigenvalue weighted by molar-refractivity contribution is -0.121. The highest BCUT2D eigenvalue weighted by Gasteiger charge is 2.34. The van der Waals surface area contributed by atoms with E-state index in [2.05, 4.69) is 20.6 Å². The molecule has 0 radical (unpaired) electrons. The number of benzene rings is 1. The maximum atomic E-state index is 12.3. The first-order chi connectivity index (χ1) is 12.2. The van der Waals surface area contributed by atoms with Gasteiger partial charge in [0, 0.05) is 24.3 Å². The number of carbonyl (C=O) groups excluding carboxylic acids is 1. The number of hydrogen-bond donors (Lipinski definition) is 3. The van der Waals surface area contributed by atoms with E-state index in [0.29, 0.717) is 18.8 Å². The fourth-order valence-corrected chi connectivity index (χ4v) is 3.64. The molecule has 130 valence electrons. The summed E-state index contributed by atoms with van der Waals surface area (Å²) in [5, 5.41) is 25.3. The summed E-state index contributed by atoms with van der Waals surface area (Å²) < 4.78 is 1.88. The molecule has 1 aromatic carbocycles. The number of aliphatic hydroxyl groups excluding tert-OH is 1. The van der Waals surface area contributed by atoms with E-state index in [9.17, 15) is 9.90 Å². The Morgan fingerprint density at radius 2 is 2.32 bits per heavy atom. The minimum Gasteiger partial charge on any atom is -0.391 e. The number of fused-ring (bicyclic) bond motifs is 1. The van der Waals surface area contributed by atoms with Crippen LogP contribution < -0.4 is 5.32 Å². The van der Waals surface area contributed by atoms with E-state index in [1.54, 1.807) is 12.4 Å². The molecule has 3 atom stereocenters. The Kier molecular flexibility index (Phi) is 4.23. The van der Waals surface area contributed by atoms with Crippen LogP contribution in [0.5, 0.6) is 0 Å². The Hall–Kier alpha value is -2.67. The van der Waals surface area contributed by atoms with Crippen LogP contribution in [0.1, 0.15) is 18.4 Å². The normalized spacial score (nSPS) is 23.2. The highest BCUT2D eigenvalue weighted by molar-refractivity contribution is 5.83. The molecule has 3 N–H and O–H groups in total. The van der Waals surface area contributed by atoms with Gasteiger partial charge < -0.3 is 10.4 Å². The number of rotatable bonds is 5. The Balaban J connectivity index is 1.33. The molecule has 2 aromatic heterocycles. The van der Waals surface area contributed by atoms with Gasteiger partial charge in [0.15, 0.2) is 0 Å². The SMILES string of the molecule is O=C(Cc1ccc2[nH]ncc2c1)N[C@@H]1CC(Cn2cccn2)C[C@H]1O. The third-order valence-corrected chi connectivity index (χ3v) is 4.85. The summed E-state index contributed by atoms with van der Waals surface area (Å²) in [6, 6.07) is 7.51. The maximum absolute atomic E-state index is 12.3. The number of amides is 1. The van der Waals surface area contributed by atoms with Crippen molar-refractivity contribution >= 4 is 16.8 Å². The molecule has 2 heterocycles. The van der Waals surface area contributed by atoms with Gasteiger partial charge in [-0.15, -0.1) is 0 Å². The molecule has 0 bridgehead atoms. The topological polar surface area (TPSA) is 95.8 Å². The zero-order valence-electron chi connectivity index (χ0n) is 13.8. The predicted octanol–water partition coefficient (Wildman–Crippen LogP) is 1.26. The lowest BCUT2D eigenvalue weighted by Crippen LogP contribution is -2.40. The van der Waals surface area contributed by atoms with Gasteiger partial charge in [-0.2, -0.15) is 10.2 Å². The van der Waals surface area contributed by atoms with Crippen molar-refractivity contribution < 1.29 is 9.90 Å². The van der Waals surface area contributed by atoms with Gasteiger partial charge in [0.2, 0.25) is 5.91 Å². The van der Waals surface area contributed by atoms with Crippen molar-refractivity contribution in [3.05, 3.63) is 48.4 Å². The van der Waals surface area contributed by atoms with Gasteiger partial charge in [-0.05, 0) is 42.5 Å². The molecular formula is C18H21N5O2. The molecule has 1 amide bonds. The summed E-state index contributed by atoms with van der Waals surface area (Å²) in [4.78, 5) is 12.3. The number of hydrogen-bond acceptors (Lipinski definition) is 4. The smallest absolute Gasteiger partial charge is 0.224 e.